The van der Waals surface area contributed by atoms with E-state index in [0.29, 0.717) is 12.0 Å². The van der Waals surface area contributed by atoms with Gasteiger partial charge < -0.3 is 19.5 Å². The van der Waals surface area contributed by atoms with E-state index in [0.717, 1.165) is 48.2 Å². The van der Waals surface area contributed by atoms with Crippen molar-refractivity contribution < 1.29 is 9.53 Å². The van der Waals surface area contributed by atoms with Gasteiger partial charge in [0, 0.05) is 17.3 Å². The van der Waals surface area contributed by atoms with Gasteiger partial charge in [0.15, 0.2) is 0 Å². The van der Waals surface area contributed by atoms with E-state index >= 15 is 0 Å². The molecule has 2 aromatic carbocycles. The molecule has 0 aliphatic carbocycles. The Morgan fingerprint density at radius 2 is 1.85 bits per heavy atom. The molecule has 0 unspecified atom stereocenters. The van der Waals surface area contributed by atoms with Crippen molar-refractivity contribution in [1.82, 2.24) is 14.5 Å². The quantitative estimate of drug-likeness (QED) is 0.511. The second-order valence-corrected chi connectivity index (χ2v) is 9.25. The average molecular weight is 449 g/mol. The van der Waals surface area contributed by atoms with Gasteiger partial charge in [0.1, 0.15) is 6.54 Å². The van der Waals surface area contributed by atoms with E-state index in [-0.39, 0.29) is 24.7 Å². The normalized spacial score (nSPS) is 21.1. The van der Waals surface area contributed by atoms with E-state index in [1.807, 2.05) is 47.0 Å². The number of benzene rings is 2. The Hall–Kier alpha value is -2.70. The molecule has 1 saturated heterocycles. The van der Waals surface area contributed by atoms with Gasteiger partial charge in [-0.3, -0.25) is 4.79 Å². The van der Waals surface area contributed by atoms with Gasteiger partial charge in [0.25, 0.3) is 0 Å². The predicted molar refractivity (Wildman–Crippen MR) is 133 cm³/mol. The van der Waals surface area contributed by atoms with E-state index in [1.54, 1.807) is 6.33 Å². The van der Waals surface area contributed by atoms with Crippen molar-refractivity contribution in [2.75, 3.05) is 18.4 Å². The fourth-order valence-electron chi connectivity index (χ4n) is 4.97. The fraction of sp³-hybridized carbons (Fsp3) is 0.481. The zero-order valence-corrected chi connectivity index (χ0v) is 20.2. The standard InChI is InChI=1S/C27H36N4O2/c1-5-30(6-2)20-15-25(19(3)4)33-26(16-20)21-11-7-8-12-22(21)29-27(32)17-31-18-28-23-13-9-10-14-24(23)31/h7-14,18-20,25-26H,5-6,15-17H2,1-4H3,(H,29,32)/t20-,25-,26+/m1/s1. The van der Waals surface area contributed by atoms with Crippen LogP contribution in [-0.2, 0) is 16.1 Å². The molecule has 3 atom stereocenters. The van der Waals surface area contributed by atoms with Crippen molar-refractivity contribution in [2.24, 2.45) is 5.92 Å². The highest BCUT2D eigenvalue weighted by atomic mass is 16.5. The van der Waals surface area contributed by atoms with Crippen molar-refractivity contribution in [3.63, 3.8) is 0 Å². The van der Waals surface area contributed by atoms with Crippen LogP contribution in [0.1, 0.15) is 52.2 Å². The molecule has 4 rings (SSSR count). The van der Waals surface area contributed by atoms with Crippen molar-refractivity contribution >= 4 is 22.6 Å². The molecule has 176 valence electrons. The summed E-state index contributed by atoms with van der Waals surface area (Å²) in [6.07, 6.45) is 3.88. The number of ether oxygens (including phenoxy) is 1. The Balaban J connectivity index is 1.54. The largest absolute Gasteiger partial charge is 0.370 e. The van der Waals surface area contributed by atoms with Crippen LogP contribution in [-0.4, -0.2) is 45.6 Å². The molecule has 1 amide bonds. The van der Waals surface area contributed by atoms with Crippen molar-refractivity contribution in [2.45, 2.75) is 65.3 Å². The lowest BCUT2D eigenvalue weighted by Crippen LogP contribution is -2.44. The number of nitrogens with zero attached hydrogens (tertiary/aromatic N) is 3. The maximum Gasteiger partial charge on any atom is 0.244 e. The number of anilines is 1. The molecule has 2 heterocycles. The van der Waals surface area contributed by atoms with Gasteiger partial charge >= 0.3 is 0 Å². The second kappa shape index (κ2) is 10.5. The Morgan fingerprint density at radius 1 is 1.12 bits per heavy atom. The minimum atomic E-state index is -0.0675. The van der Waals surface area contributed by atoms with Crippen LogP contribution in [0.25, 0.3) is 11.0 Å². The number of hydrogen-bond acceptors (Lipinski definition) is 4. The third-order valence-corrected chi connectivity index (χ3v) is 6.83. The van der Waals surface area contributed by atoms with Crippen molar-refractivity contribution in [1.29, 1.82) is 0 Å². The predicted octanol–water partition coefficient (Wildman–Crippen LogP) is 5.26. The number of carbonyl (C=O) groups excluding carboxylic acids is 1. The van der Waals surface area contributed by atoms with Gasteiger partial charge in [-0.2, -0.15) is 0 Å². The van der Waals surface area contributed by atoms with Gasteiger partial charge in [0.05, 0.1) is 29.6 Å². The summed E-state index contributed by atoms with van der Waals surface area (Å²) >= 11 is 0. The molecule has 6 nitrogen and oxygen atoms in total. The van der Waals surface area contributed by atoms with Gasteiger partial charge in [-0.15, -0.1) is 0 Å². The number of rotatable bonds is 8. The highest BCUT2D eigenvalue weighted by molar-refractivity contribution is 5.92. The number of fused-ring (bicyclic) bond motifs is 1. The number of hydrogen-bond donors (Lipinski definition) is 1. The van der Waals surface area contributed by atoms with E-state index in [2.05, 4.69) is 49.0 Å². The minimum absolute atomic E-state index is 0.0395. The van der Waals surface area contributed by atoms with Crippen LogP contribution in [0.5, 0.6) is 0 Å². The van der Waals surface area contributed by atoms with Crippen LogP contribution in [0.15, 0.2) is 54.9 Å². The van der Waals surface area contributed by atoms with Crippen LogP contribution in [0.2, 0.25) is 0 Å². The number of carbonyl (C=O) groups is 1. The van der Waals surface area contributed by atoms with E-state index in [9.17, 15) is 4.79 Å². The zero-order valence-electron chi connectivity index (χ0n) is 20.2. The number of amides is 1. The lowest BCUT2D eigenvalue weighted by molar-refractivity contribution is -0.116. The Bertz CT molecular complexity index is 1070. The van der Waals surface area contributed by atoms with E-state index < -0.39 is 0 Å². The molecule has 0 spiro atoms. The molecule has 1 fully saturated rings. The SMILES string of the molecule is CCN(CC)[C@H]1C[C@@H](c2ccccc2NC(=O)Cn2cnc3ccccc32)O[C@@H](C(C)C)C1. The van der Waals surface area contributed by atoms with Gasteiger partial charge in [-0.05, 0) is 50.0 Å². The molecule has 0 bridgehead atoms. The minimum Gasteiger partial charge on any atom is -0.370 e. The second-order valence-electron chi connectivity index (χ2n) is 9.25. The molecule has 3 aromatic rings. The number of nitrogens with one attached hydrogen (secondary N) is 1. The van der Waals surface area contributed by atoms with E-state index in [1.165, 1.54) is 0 Å². The summed E-state index contributed by atoms with van der Waals surface area (Å²) in [7, 11) is 0. The molecular formula is C27H36N4O2. The summed E-state index contributed by atoms with van der Waals surface area (Å²) in [5, 5.41) is 3.15. The first kappa shape index (κ1) is 23.5. The van der Waals surface area contributed by atoms with Gasteiger partial charge in [-0.1, -0.05) is 58.0 Å². The Morgan fingerprint density at radius 3 is 2.61 bits per heavy atom. The summed E-state index contributed by atoms with van der Waals surface area (Å²) in [5.74, 6) is 0.379. The molecule has 6 heteroatoms. The summed E-state index contributed by atoms with van der Waals surface area (Å²) in [5.41, 5.74) is 3.74. The van der Waals surface area contributed by atoms with Gasteiger partial charge in [-0.25, -0.2) is 4.98 Å². The van der Waals surface area contributed by atoms with Crippen LogP contribution in [0, 0.1) is 5.92 Å². The smallest absolute Gasteiger partial charge is 0.244 e. The monoisotopic (exact) mass is 448 g/mol. The van der Waals surface area contributed by atoms with Crippen LogP contribution >= 0.6 is 0 Å². The summed E-state index contributed by atoms with van der Waals surface area (Å²) in [6, 6.07) is 16.4. The van der Waals surface area contributed by atoms with Crippen LogP contribution in [0.4, 0.5) is 5.69 Å². The summed E-state index contributed by atoms with van der Waals surface area (Å²) < 4.78 is 8.48. The van der Waals surface area contributed by atoms with Crippen molar-refractivity contribution in [3.05, 3.63) is 60.4 Å². The molecule has 1 aliphatic heterocycles. The van der Waals surface area contributed by atoms with Crippen LogP contribution < -0.4 is 5.32 Å². The highest BCUT2D eigenvalue weighted by Gasteiger charge is 2.35. The van der Waals surface area contributed by atoms with Crippen molar-refractivity contribution in [3.8, 4) is 0 Å². The topological polar surface area (TPSA) is 59.4 Å². The van der Waals surface area contributed by atoms with Gasteiger partial charge in [0.2, 0.25) is 5.91 Å². The highest BCUT2D eigenvalue weighted by Crippen LogP contribution is 2.38. The first-order valence-electron chi connectivity index (χ1n) is 12.2. The van der Waals surface area contributed by atoms with E-state index in [4.69, 9.17) is 4.74 Å². The molecule has 0 radical (unpaired) electrons. The molecule has 1 aliphatic rings. The number of imidazole rings is 1. The molecule has 33 heavy (non-hydrogen) atoms. The number of aromatic nitrogens is 2. The summed E-state index contributed by atoms with van der Waals surface area (Å²) in [6.45, 7) is 11.2. The Labute approximate surface area is 196 Å². The molecule has 1 aromatic heterocycles. The molecule has 0 saturated carbocycles. The lowest BCUT2D eigenvalue weighted by Gasteiger charge is -2.42. The summed E-state index contributed by atoms with van der Waals surface area (Å²) in [4.78, 5) is 19.9. The number of para-hydroxylation sites is 3. The Kier molecular flexibility index (Phi) is 7.46. The molecule has 1 N–H and O–H groups in total. The third-order valence-electron chi connectivity index (χ3n) is 6.83. The third kappa shape index (κ3) is 5.28. The maximum atomic E-state index is 13.0. The van der Waals surface area contributed by atoms with Crippen LogP contribution in [0.3, 0.4) is 0 Å². The first-order chi connectivity index (χ1) is 16.0. The fourth-order valence-corrected chi connectivity index (χ4v) is 4.97. The first-order valence-corrected chi connectivity index (χ1v) is 12.2. The lowest BCUT2D eigenvalue weighted by atomic mass is 9.88. The maximum absolute atomic E-state index is 13.0. The zero-order chi connectivity index (χ0) is 23.4. The molecular weight excluding hydrogens is 412 g/mol. The average Bonchev–Trinajstić information content (AvgIpc) is 3.22.